The molecule has 1 saturated heterocycles. The maximum atomic E-state index is 13.4. The number of fused-ring (bicyclic) bond motifs is 3. The maximum absolute atomic E-state index is 13.4. The highest BCUT2D eigenvalue weighted by atomic mass is 16.6. The van der Waals surface area contributed by atoms with Gasteiger partial charge in [0.2, 0.25) is 0 Å². The molecule has 1 fully saturated rings. The van der Waals surface area contributed by atoms with E-state index in [1.165, 1.54) is 22.3 Å². The molecule has 5 heteroatoms. The molecule has 0 bridgehead atoms. The first kappa shape index (κ1) is 22.5. The zero-order chi connectivity index (χ0) is 23.5. The fourth-order valence-electron chi connectivity index (χ4n) is 5.48. The predicted octanol–water partition coefficient (Wildman–Crippen LogP) is 5.63. The van der Waals surface area contributed by atoms with Gasteiger partial charge >= 0.3 is 6.09 Å². The summed E-state index contributed by atoms with van der Waals surface area (Å²) in [5.41, 5.74) is 5.87. The molecule has 1 atom stereocenters. The van der Waals surface area contributed by atoms with E-state index >= 15 is 0 Å². The smallest absolute Gasteiger partial charge is 0.410 e. The summed E-state index contributed by atoms with van der Waals surface area (Å²) < 4.78 is 6.00. The van der Waals surface area contributed by atoms with Crippen molar-refractivity contribution in [2.45, 2.75) is 38.3 Å². The van der Waals surface area contributed by atoms with Crippen LogP contribution in [0.2, 0.25) is 0 Å². The number of carbonyl (C=O) groups excluding carboxylic acids is 1. The SMILES string of the molecule is CCN1CCCC1CN(Cc1ccc(O)cc1)C(=O)OCC1c2ccccc2-c2ccccc21. The van der Waals surface area contributed by atoms with Gasteiger partial charge in [-0.2, -0.15) is 0 Å². The van der Waals surface area contributed by atoms with Crippen LogP contribution >= 0.6 is 0 Å². The van der Waals surface area contributed by atoms with Crippen molar-refractivity contribution in [3.05, 3.63) is 89.5 Å². The Bertz CT molecular complexity index is 1100. The quantitative estimate of drug-likeness (QED) is 0.501. The van der Waals surface area contributed by atoms with Crippen molar-refractivity contribution in [1.82, 2.24) is 9.80 Å². The number of hydrogen-bond acceptors (Lipinski definition) is 4. The highest BCUT2D eigenvalue weighted by molar-refractivity contribution is 5.79. The molecule has 5 nitrogen and oxygen atoms in total. The second-order valence-electron chi connectivity index (χ2n) is 9.28. The van der Waals surface area contributed by atoms with Gasteiger partial charge in [-0.1, -0.05) is 67.6 Å². The number of phenolic OH excluding ortho intramolecular Hbond substituents is 1. The Labute approximate surface area is 201 Å². The van der Waals surface area contributed by atoms with Gasteiger partial charge in [0.05, 0.1) is 0 Å². The number of likely N-dealkylation sites (tertiary alicyclic amines) is 1. The number of rotatable bonds is 7. The van der Waals surface area contributed by atoms with Crippen molar-refractivity contribution in [3.63, 3.8) is 0 Å². The molecule has 0 saturated carbocycles. The Hall–Kier alpha value is -3.31. The van der Waals surface area contributed by atoms with E-state index in [9.17, 15) is 9.90 Å². The summed E-state index contributed by atoms with van der Waals surface area (Å²) in [7, 11) is 0. The monoisotopic (exact) mass is 456 g/mol. The number of amides is 1. The minimum absolute atomic E-state index is 0.0468. The molecule has 0 aromatic heterocycles. The van der Waals surface area contributed by atoms with Crippen molar-refractivity contribution in [2.75, 3.05) is 26.2 Å². The Balaban J connectivity index is 1.33. The zero-order valence-electron chi connectivity index (χ0n) is 19.7. The summed E-state index contributed by atoms with van der Waals surface area (Å²) in [5.74, 6) is 0.273. The Morgan fingerprint density at radius 3 is 2.29 bits per heavy atom. The third-order valence-corrected chi connectivity index (χ3v) is 7.24. The molecule has 1 N–H and O–H groups in total. The van der Waals surface area contributed by atoms with Crippen LogP contribution in [0.5, 0.6) is 5.75 Å². The van der Waals surface area contributed by atoms with Gasteiger partial charge in [-0.15, -0.1) is 0 Å². The Morgan fingerprint density at radius 1 is 1.00 bits per heavy atom. The lowest BCUT2D eigenvalue weighted by Gasteiger charge is -2.30. The van der Waals surface area contributed by atoms with Gasteiger partial charge in [0.25, 0.3) is 0 Å². The predicted molar refractivity (Wildman–Crippen MR) is 134 cm³/mol. The van der Waals surface area contributed by atoms with E-state index < -0.39 is 0 Å². The van der Waals surface area contributed by atoms with Crippen LogP contribution in [0.25, 0.3) is 11.1 Å². The van der Waals surface area contributed by atoms with E-state index in [0.717, 1.165) is 31.5 Å². The Morgan fingerprint density at radius 2 is 1.65 bits per heavy atom. The van der Waals surface area contributed by atoms with Crippen LogP contribution in [0, 0.1) is 0 Å². The third-order valence-electron chi connectivity index (χ3n) is 7.24. The number of benzene rings is 3. The molecule has 1 heterocycles. The largest absolute Gasteiger partial charge is 0.508 e. The molecule has 3 aromatic rings. The fraction of sp³-hybridized carbons (Fsp3) is 0.345. The number of aromatic hydroxyl groups is 1. The van der Waals surface area contributed by atoms with Crippen LogP contribution in [-0.2, 0) is 11.3 Å². The van der Waals surface area contributed by atoms with Crippen molar-refractivity contribution in [2.24, 2.45) is 0 Å². The number of carbonyl (C=O) groups is 1. The molecule has 3 aromatic carbocycles. The van der Waals surface area contributed by atoms with E-state index in [0.29, 0.717) is 25.7 Å². The normalized spacial score (nSPS) is 17.4. The minimum Gasteiger partial charge on any atom is -0.508 e. The highest BCUT2D eigenvalue weighted by Crippen LogP contribution is 2.44. The van der Waals surface area contributed by atoms with Gasteiger partial charge in [-0.3, -0.25) is 4.90 Å². The molecule has 2 aliphatic rings. The lowest BCUT2D eigenvalue weighted by Crippen LogP contribution is -2.43. The molecular weight excluding hydrogens is 424 g/mol. The summed E-state index contributed by atoms with van der Waals surface area (Å²) in [4.78, 5) is 17.7. The molecule has 1 amide bonds. The van der Waals surface area contributed by atoms with E-state index in [1.54, 1.807) is 12.1 Å². The van der Waals surface area contributed by atoms with Crippen LogP contribution in [-0.4, -0.2) is 53.3 Å². The van der Waals surface area contributed by atoms with Gasteiger partial charge in [0, 0.05) is 25.0 Å². The van der Waals surface area contributed by atoms with Crippen LogP contribution in [0.4, 0.5) is 4.79 Å². The van der Waals surface area contributed by atoms with E-state index in [4.69, 9.17) is 4.74 Å². The lowest BCUT2D eigenvalue weighted by atomic mass is 9.98. The van der Waals surface area contributed by atoms with Crippen LogP contribution in [0.15, 0.2) is 72.8 Å². The minimum atomic E-state index is -0.280. The molecular formula is C29H32N2O3. The summed E-state index contributed by atoms with van der Waals surface area (Å²) in [5, 5.41) is 9.65. The molecule has 1 aliphatic heterocycles. The first-order valence-electron chi connectivity index (χ1n) is 12.3. The zero-order valence-corrected chi connectivity index (χ0v) is 19.7. The molecule has 0 spiro atoms. The third kappa shape index (κ3) is 4.53. The average Bonchev–Trinajstić information content (AvgIpc) is 3.45. The number of likely N-dealkylation sites (N-methyl/N-ethyl adjacent to an activating group) is 1. The van der Waals surface area contributed by atoms with Crippen molar-refractivity contribution in [3.8, 4) is 16.9 Å². The first-order valence-corrected chi connectivity index (χ1v) is 12.3. The molecule has 176 valence electrons. The topological polar surface area (TPSA) is 53.0 Å². The van der Waals surface area contributed by atoms with Crippen LogP contribution < -0.4 is 0 Å². The molecule has 0 radical (unpaired) electrons. The number of ether oxygens (including phenoxy) is 1. The summed E-state index contributed by atoms with van der Waals surface area (Å²) in [6.07, 6.45) is 1.98. The number of hydrogen-bond donors (Lipinski definition) is 1. The van der Waals surface area contributed by atoms with Crippen LogP contribution in [0.3, 0.4) is 0 Å². The van der Waals surface area contributed by atoms with Gasteiger partial charge < -0.3 is 14.7 Å². The Kier molecular flexibility index (Phi) is 6.54. The second-order valence-corrected chi connectivity index (χ2v) is 9.28. The fourth-order valence-corrected chi connectivity index (χ4v) is 5.48. The van der Waals surface area contributed by atoms with E-state index in [2.05, 4.69) is 60.4 Å². The van der Waals surface area contributed by atoms with Crippen molar-refractivity contribution >= 4 is 6.09 Å². The van der Waals surface area contributed by atoms with E-state index in [1.807, 2.05) is 17.0 Å². The van der Waals surface area contributed by atoms with Crippen molar-refractivity contribution < 1.29 is 14.6 Å². The number of phenols is 1. The summed E-state index contributed by atoms with van der Waals surface area (Å²) in [6, 6.07) is 24.2. The second kappa shape index (κ2) is 9.90. The van der Waals surface area contributed by atoms with Crippen molar-refractivity contribution in [1.29, 1.82) is 0 Å². The molecule has 1 unspecified atom stereocenters. The number of nitrogens with zero attached hydrogens (tertiary/aromatic N) is 2. The maximum Gasteiger partial charge on any atom is 0.410 e. The van der Waals surface area contributed by atoms with E-state index in [-0.39, 0.29) is 17.8 Å². The standard InChI is InChI=1S/C29H32N2O3/c1-2-30-17-7-8-22(30)19-31(18-21-13-15-23(32)16-14-21)29(33)34-20-28-26-11-5-3-9-24(26)25-10-4-6-12-27(25)28/h3-6,9-16,22,28,32H,2,7-8,17-20H2,1H3. The van der Waals surface area contributed by atoms with Gasteiger partial charge in [0.1, 0.15) is 12.4 Å². The van der Waals surface area contributed by atoms with Gasteiger partial charge in [-0.25, -0.2) is 4.79 Å². The highest BCUT2D eigenvalue weighted by Gasteiger charge is 2.31. The molecule has 34 heavy (non-hydrogen) atoms. The van der Waals surface area contributed by atoms with Gasteiger partial charge in [-0.05, 0) is 65.9 Å². The molecule has 5 rings (SSSR count). The average molecular weight is 457 g/mol. The lowest BCUT2D eigenvalue weighted by molar-refractivity contribution is 0.0857. The van der Waals surface area contributed by atoms with Gasteiger partial charge in [0.15, 0.2) is 0 Å². The van der Waals surface area contributed by atoms with Crippen LogP contribution in [0.1, 0.15) is 42.4 Å². The molecule has 1 aliphatic carbocycles. The summed E-state index contributed by atoms with van der Waals surface area (Å²) in [6.45, 7) is 5.68. The summed E-state index contributed by atoms with van der Waals surface area (Å²) >= 11 is 0. The first-order chi connectivity index (χ1) is 16.6.